The molecule has 0 fully saturated rings. The Morgan fingerprint density at radius 3 is 2.72 bits per heavy atom. The number of carbonyl (C=O) groups excluding carboxylic acids is 2. The molecular formula is C20H20F3N5O3S. The topological polar surface area (TPSA) is 86.3 Å². The zero-order valence-electron chi connectivity index (χ0n) is 17.0. The highest BCUT2D eigenvalue weighted by Crippen LogP contribution is 2.37. The minimum absolute atomic E-state index is 0.0438. The zero-order valence-corrected chi connectivity index (χ0v) is 17.8. The van der Waals surface area contributed by atoms with E-state index in [9.17, 15) is 22.8 Å². The van der Waals surface area contributed by atoms with E-state index in [1.54, 1.807) is 4.90 Å². The molecule has 1 unspecified atom stereocenters. The van der Waals surface area contributed by atoms with Crippen LogP contribution >= 0.6 is 11.3 Å². The van der Waals surface area contributed by atoms with Gasteiger partial charge in [-0.05, 0) is 42.1 Å². The Balaban J connectivity index is 1.38. The summed E-state index contributed by atoms with van der Waals surface area (Å²) in [4.78, 5) is 29.4. The van der Waals surface area contributed by atoms with Gasteiger partial charge in [0.05, 0.1) is 5.69 Å². The first-order chi connectivity index (χ1) is 15.3. The quantitative estimate of drug-likeness (QED) is 0.644. The molecule has 8 nitrogen and oxygen atoms in total. The third-order valence-corrected chi connectivity index (χ3v) is 5.79. The summed E-state index contributed by atoms with van der Waals surface area (Å²) in [5.74, 6) is -0.0921. The minimum Gasteiger partial charge on any atom is -0.406 e. The monoisotopic (exact) mass is 467 g/mol. The second-order valence-electron chi connectivity index (χ2n) is 7.15. The normalized spacial score (nSPS) is 17.4. The Kier molecular flexibility index (Phi) is 5.96. The number of ether oxygens (including phenoxy) is 1. The van der Waals surface area contributed by atoms with Crippen LogP contribution in [0.1, 0.15) is 35.9 Å². The molecule has 4 rings (SSSR count). The molecule has 1 aromatic carbocycles. The zero-order chi connectivity index (χ0) is 22.9. The van der Waals surface area contributed by atoms with Crippen LogP contribution in [-0.4, -0.2) is 41.7 Å². The first kappa shape index (κ1) is 21.9. The van der Waals surface area contributed by atoms with Crippen molar-refractivity contribution in [3.63, 3.8) is 0 Å². The molecule has 3 heterocycles. The highest BCUT2D eigenvalue weighted by atomic mass is 32.1. The van der Waals surface area contributed by atoms with E-state index in [0.717, 1.165) is 24.2 Å². The number of anilines is 2. The lowest BCUT2D eigenvalue weighted by molar-refractivity contribution is -0.274. The van der Waals surface area contributed by atoms with Crippen LogP contribution in [0.3, 0.4) is 0 Å². The summed E-state index contributed by atoms with van der Waals surface area (Å²) in [5.41, 5.74) is 4.11. The number of hydrazone groups is 1. The maximum Gasteiger partial charge on any atom is 0.573 e. The Morgan fingerprint density at radius 2 is 2.03 bits per heavy atom. The molecule has 1 atom stereocenters. The number of hydrogen-bond acceptors (Lipinski definition) is 7. The molecule has 1 aromatic heterocycles. The predicted octanol–water partition coefficient (Wildman–Crippen LogP) is 3.94. The minimum atomic E-state index is -4.77. The van der Waals surface area contributed by atoms with Gasteiger partial charge in [-0.1, -0.05) is 6.92 Å². The SMILES string of the molecule is CCCN1C(=O)c2sccc2N2C(CCC(=O)Nc3ccc(OC(F)(F)F)cc3)=NNC12. The van der Waals surface area contributed by atoms with Crippen molar-refractivity contribution in [1.82, 2.24) is 10.3 Å². The second-order valence-corrected chi connectivity index (χ2v) is 8.07. The maximum absolute atomic E-state index is 12.8. The largest absolute Gasteiger partial charge is 0.573 e. The highest BCUT2D eigenvalue weighted by Gasteiger charge is 2.43. The van der Waals surface area contributed by atoms with Gasteiger partial charge in [0.2, 0.25) is 12.2 Å². The number of carbonyl (C=O) groups is 2. The number of rotatable bonds is 7. The number of halogens is 3. The standard InChI is InChI=1S/C20H20F3N5O3S/c1-2-10-27-18(30)17-14(9-11-32-17)28-15(25-26-19(27)28)7-8-16(29)24-12-3-5-13(6-4-12)31-20(21,22)23/h3-6,9,11,19,26H,2,7-8,10H2,1H3,(H,24,29). The number of nitrogens with one attached hydrogen (secondary N) is 2. The van der Waals surface area contributed by atoms with Gasteiger partial charge in [0.15, 0.2) is 0 Å². The molecule has 0 saturated heterocycles. The first-order valence-corrected chi connectivity index (χ1v) is 10.8. The van der Waals surface area contributed by atoms with Crippen molar-refractivity contribution < 1.29 is 27.5 Å². The number of nitrogens with zero attached hydrogens (tertiary/aromatic N) is 3. The molecule has 32 heavy (non-hydrogen) atoms. The number of thiophene rings is 1. The predicted molar refractivity (Wildman–Crippen MR) is 113 cm³/mol. The van der Waals surface area contributed by atoms with Crippen molar-refractivity contribution in [2.75, 3.05) is 16.8 Å². The lowest BCUT2D eigenvalue weighted by Gasteiger charge is -2.39. The number of hydrogen-bond donors (Lipinski definition) is 2. The van der Waals surface area contributed by atoms with E-state index in [-0.39, 0.29) is 24.0 Å². The van der Waals surface area contributed by atoms with E-state index < -0.39 is 12.7 Å². The molecule has 0 saturated carbocycles. The fraction of sp³-hybridized carbons (Fsp3) is 0.350. The Labute approximate surface area is 185 Å². The Morgan fingerprint density at radius 1 is 1.28 bits per heavy atom. The van der Waals surface area contributed by atoms with Crippen molar-refractivity contribution >= 4 is 40.4 Å². The molecular weight excluding hydrogens is 447 g/mol. The van der Waals surface area contributed by atoms with Crippen molar-refractivity contribution in [3.05, 3.63) is 40.6 Å². The average molecular weight is 467 g/mol. The van der Waals surface area contributed by atoms with Gasteiger partial charge in [0.1, 0.15) is 16.5 Å². The molecule has 2 aliphatic heterocycles. The maximum atomic E-state index is 12.8. The molecule has 170 valence electrons. The van der Waals surface area contributed by atoms with E-state index >= 15 is 0 Å². The summed E-state index contributed by atoms with van der Waals surface area (Å²) >= 11 is 1.37. The van der Waals surface area contributed by atoms with Crippen LogP contribution in [0.5, 0.6) is 5.75 Å². The average Bonchev–Trinajstić information content (AvgIpc) is 3.37. The molecule has 2 aromatic rings. The number of alkyl halides is 3. The van der Waals surface area contributed by atoms with Crippen LogP contribution in [-0.2, 0) is 4.79 Å². The molecule has 0 spiro atoms. The summed E-state index contributed by atoms with van der Waals surface area (Å²) in [6, 6.07) is 6.79. The van der Waals surface area contributed by atoms with Gasteiger partial charge in [0.25, 0.3) is 5.91 Å². The van der Waals surface area contributed by atoms with E-state index in [1.165, 1.54) is 23.5 Å². The van der Waals surface area contributed by atoms with Gasteiger partial charge in [-0.15, -0.1) is 24.5 Å². The van der Waals surface area contributed by atoms with Gasteiger partial charge in [-0.2, -0.15) is 5.10 Å². The molecule has 2 N–H and O–H groups in total. The van der Waals surface area contributed by atoms with Crippen molar-refractivity contribution in [3.8, 4) is 5.75 Å². The van der Waals surface area contributed by atoms with Crippen LogP contribution < -0.4 is 20.4 Å². The number of fused-ring (bicyclic) bond motifs is 3. The van der Waals surface area contributed by atoms with Gasteiger partial charge in [0, 0.05) is 25.1 Å². The van der Waals surface area contributed by atoms with Crippen molar-refractivity contribution in [1.29, 1.82) is 0 Å². The van der Waals surface area contributed by atoms with Gasteiger partial charge in [-0.3, -0.25) is 24.8 Å². The third-order valence-electron chi connectivity index (χ3n) is 4.90. The van der Waals surface area contributed by atoms with Crippen LogP contribution in [0, 0.1) is 0 Å². The first-order valence-electron chi connectivity index (χ1n) is 9.92. The van der Waals surface area contributed by atoms with Gasteiger partial charge in [-0.25, -0.2) is 0 Å². The summed E-state index contributed by atoms with van der Waals surface area (Å²) in [5, 5.41) is 8.85. The number of amides is 2. The van der Waals surface area contributed by atoms with Gasteiger partial charge >= 0.3 is 6.36 Å². The van der Waals surface area contributed by atoms with E-state index in [4.69, 9.17) is 0 Å². The van der Waals surface area contributed by atoms with Crippen molar-refractivity contribution in [2.24, 2.45) is 5.10 Å². The van der Waals surface area contributed by atoms with Crippen LogP contribution in [0.2, 0.25) is 0 Å². The van der Waals surface area contributed by atoms with Crippen LogP contribution in [0.4, 0.5) is 24.5 Å². The summed E-state index contributed by atoms with van der Waals surface area (Å²) in [6.45, 7) is 2.56. The van der Waals surface area contributed by atoms with Gasteiger partial charge < -0.3 is 10.1 Å². The lowest BCUT2D eigenvalue weighted by Crippen LogP contribution is -2.58. The molecule has 2 aliphatic rings. The third kappa shape index (κ3) is 4.49. The molecule has 0 aliphatic carbocycles. The van der Waals surface area contributed by atoms with Crippen LogP contribution in [0.25, 0.3) is 0 Å². The molecule has 2 amide bonds. The molecule has 0 radical (unpaired) electrons. The molecule has 0 bridgehead atoms. The van der Waals surface area contributed by atoms with E-state index in [1.807, 2.05) is 23.3 Å². The Bertz CT molecular complexity index is 1040. The van der Waals surface area contributed by atoms with Crippen LogP contribution in [0.15, 0.2) is 40.8 Å². The van der Waals surface area contributed by atoms with E-state index in [0.29, 0.717) is 29.4 Å². The lowest BCUT2D eigenvalue weighted by atomic mass is 10.2. The second kappa shape index (κ2) is 8.69. The van der Waals surface area contributed by atoms with Crippen molar-refractivity contribution in [2.45, 2.75) is 38.8 Å². The summed E-state index contributed by atoms with van der Waals surface area (Å²) < 4.78 is 40.6. The summed E-state index contributed by atoms with van der Waals surface area (Å²) in [7, 11) is 0. The number of amidine groups is 1. The van der Waals surface area contributed by atoms with E-state index in [2.05, 4.69) is 20.6 Å². The highest BCUT2D eigenvalue weighted by molar-refractivity contribution is 7.12. The fourth-order valence-electron chi connectivity index (χ4n) is 3.59. The fourth-order valence-corrected chi connectivity index (χ4v) is 4.43. The summed E-state index contributed by atoms with van der Waals surface area (Å²) in [6.07, 6.45) is -3.99. The number of benzene rings is 1. The smallest absolute Gasteiger partial charge is 0.406 e. The Hall–Kier alpha value is -3.28. The molecule has 12 heteroatoms.